The lowest BCUT2D eigenvalue weighted by Crippen LogP contribution is -2.41. The highest BCUT2D eigenvalue weighted by molar-refractivity contribution is 7.09. The summed E-state index contributed by atoms with van der Waals surface area (Å²) in [6, 6.07) is -0.320. The van der Waals surface area contributed by atoms with Gasteiger partial charge in [0.25, 0.3) is 0 Å². The minimum atomic E-state index is -0.320. The number of carbonyl (C=O) groups is 2. The molecule has 2 heterocycles. The summed E-state index contributed by atoms with van der Waals surface area (Å²) in [5.74, 6) is -0.184. The zero-order valence-electron chi connectivity index (χ0n) is 11.5. The Bertz CT molecular complexity index is 486. The molecule has 1 aromatic heterocycles. The van der Waals surface area contributed by atoms with Crippen molar-refractivity contribution in [2.45, 2.75) is 39.3 Å². The molecule has 6 heteroatoms. The van der Waals surface area contributed by atoms with E-state index in [4.69, 9.17) is 0 Å². The van der Waals surface area contributed by atoms with Gasteiger partial charge < -0.3 is 0 Å². The fourth-order valence-electron chi connectivity index (χ4n) is 2.34. The van der Waals surface area contributed by atoms with Crippen molar-refractivity contribution in [2.75, 3.05) is 13.6 Å². The van der Waals surface area contributed by atoms with Crippen molar-refractivity contribution in [1.29, 1.82) is 0 Å². The minimum Gasteiger partial charge on any atom is -0.286 e. The molecule has 0 N–H and O–H groups in total. The molecule has 1 aliphatic heterocycles. The number of rotatable bonds is 5. The van der Waals surface area contributed by atoms with Crippen LogP contribution in [-0.2, 0) is 16.1 Å². The monoisotopic (exact) mass is 281 g/mol. The molecule has 19 heavy (non-hydrogen) atoms. The number of likely N-dealkylation sites (N-methyl/N-ethyl adjacent to an activating group) is 1. The molecular formula is C13H19N3O2S. The fourth-order valence-corrected chi connectivity index (χ4v) is 2.95. The molecule has 1 aliphatic rings. The Labute approximate surface area is 117 Å². The summed E-state index contributed by atoms with van der Waals surface area (Å²) in [6.07, 6.45) is 1.24. The van der Waals surface area contributed by atoms with Gasteiger partial charge in [-0.05, 0) is 19.9 Å². The highest BCUT2D eigenvalue weighted by Crippen LogP contribution is 2.20. The van der Waals surface area contributed by atoms with Crippen LogP contribution < -0.4 is 0 Å². The van der Waals surface area contributed by atoms with Crippen molar-refractivity contribution in [3.8, 4) is 0 Å². The smallest absolute Gasteiger partial charge is 0.246 e. The van der Waals surface area contributed by atoms with Gasteiger partial charge in [0.15, 0.2) is 0 Å². The molecule has 1 atom stereocenters. The standard InChI is InChI=1S/C13H19N3O2S/c1-4-5-16(7-10-8-19-9(2)14-10)11-6-12(17)15(3)13(11)18/h8,11H,4-7H2,1-3H3/t11-/m1/s1. The SMILES string of the molecule is CCCN(Cc1csc(C)n1)[C@@H]1CC(=O)N(C)C1=O. The van der Waals surface area contributed by atoms with E-state index in [0.717, 1.165) is 23.7 Å². The average Bonchev–Trinajstić information content (AvgIpc) is 2.88. The van der Waals surface area contributed by atoms with Gasteiger partial charge in [-0.1, -0.05) is 6.92 Å². The number of likely N-dealkylation sites (tertiary alicyclic amines) is 1. The number of imide groups is 1. The molecule has 0 radical (unpaired) electrons. The first kappa shape index (κ1) is 14.1. The van der Waals surface area contributed by atoms with Crippen LogP contribution in [0.25, 0.3) is 0 Å². The maximum absolute atomic E-state index is 12.1. The van der Waals surface area contributed by atoms with Crippen LogP contribution in [0.2, 0.25) is 0 Å². The van der Waals surface area contributed by atoms with Crippen LogP contribution in [0.4, 0.5) is 0 Å². The van der Waals surface area contributed by atoms with Gasteiger partial charge in [0.05, 0.1) is 23.2 Å². The van der Waals surface area contributed by atoms with Gasteiger partial charge in [0.2, 0.25) is 11.8 Å². The number of carbonyl (C=O) groups excluding carboxylic acids is 2. The van der Waals surface area contributed by atoms with Crippen molar-refractivity contribution in [3.63, 3.8) is 0 Å². The number of aryl methyl sites for hydroxylation is 1. The van der Waals surface area contributed by atoms with Crippen LogP contribution in [0.15, 0.2) is 5.38 Å². The molecule has 0 aromatic carbocycles. The summed E-state index contributed by atoms with van der Waals surface area (Å²) in [5, 5.41) is 3.04. The zero-order chi connectivity index (χ0) is 14.0. The first-order valence-electron chi connectivity index (χ1n) is 6.48. The first-order valence-corrected chi connectivity index (χ1v) is 7.36. The summed E-state index contributed by atoms with van der Waals surface area (Å²) < 4.78 is 0. The fraction of sp³-hybridized carbons (Fsp3) is 0.615. The molecule has 0 saturated carbocycles. The average molecular weight is 281 g/mol. The molecular weight excluding hydrogens is 262 g/mol. The van der Waals surface area contributed by atoms with Crippen LogP contribution in [0.5, 0.6) is 0 Å². The van der Waals surface area contributed by atoms with E-state index < -0.39 is 0 Å². The number of aromatic nitrogens is 1. The summed E-state index contributed by atoms with van der Waals surface area (Å²) in [6.45, 7) is 5.48. The van der Waals surface area contributed by atoms with Crippen molar-refractivity contribution in [2.24, 2.45) is 0 Å². The summed E-state index contributed by atoms with van der Waals surface area (Å²) in [7, 11) is 1.56. The van der Waals surface area contributed by atoms with E-state index in [1.807, 2.05) is 12.3 Å². The van der Waals surface area contributed by atoms with Gasteiger partial charge in [-0.25, -0.2) is 4.98 Å². The second-order valence-corrected chi connectivity index (χ2v) is 5.90. The topological polar surface area (TPSA) is 53.5 Å². The van der Waals surface area contributed by atoms with Crippen LogP contribution in [0.3, 0.4) is 0 Å². The molecule has 104 valence electrons. The summed E-state index contributed by atoms with van der Waals surface area (Å²) >= 11 is 1.61. The van der Waals surface area contributed by atoms with Crippen molar-refractivity contribution < 1.29 is 9.59 Å². The van der Waals surface area contributed by atoms with Crippen molar-refractivity contribution in [3.05, 3.63) is 16.1 Å². The Morgan fingerprint density at radius 1 is 1.53 bits per heavy atom. The maximum Gasteiger partial charge on any atom is 0.246 e. The maximum atomic E-state index is 12.1. The molecule has 0 aliphatic carbocycles. The Morgan fingerprint density at radius 3 is 2.74 bits per heavy atom. The van der Waals surface area contributed by atoms with Crippen molar-refractivity contribution >= 4 is 23.2 Å². The zero-order valence-corrected chi connectivity index (χ0v) is 12.4. The van der Waals surface area contributed by atoms with Gasteiger partial charge >= 0.3 is 0 Å². The van der Waals surface area contributed by atoms with Gasteiger partial charge in [-0.2, -0.15) is 0 Å². The lowest BCUT2D eigenvalue weighted by Gasteiger charge is -2.25. The number of hydrogen-bond acceptors (Lipinski definition) is 5. The van der Waals surface area contributed by atoms with Crippen LogP contribution in [0.1, 0.15) is 30.5 Å². The quantitative estimate of drug-likeness (QED) is 0.766. The van der Waals surface area contributed by atoms with E-state index in [2.05, 4.69) is 16.8 Å². The van der Waals surface area contributed by atoms with E-state index in [0.29, 0.717) is 13.0 Å². The predicted molar refractivity (Wildman–Crippen MR) is 73.7 cm³/mol. The van der Waals surface area contributed by atoms with E-state index in [1.165, 1.54) is 4.90 Å². The summed E-state index contributed by atoms with van der Waals surface area (Å²) in [4.78, 5) is 31.4. The third kappa shape index (κ3) is 3.01. The molecule has 1 saturated heterocycles. The molecule has 0 bridgehead atoms. The second kappa shape index (κ2) is 5.79. The Balaban J connectivity index is 2.12. The Hall–Kier alpha value is -1.27. The number of amides is 2. The van der Waals surface area contributed by atoms with Crippen LogP contribution in [0, 0.1) is 6.92 Å². The molecule has 5 nitrogen and oxygen atoms in total. The van der Waals surface area contributed by atoms with E-state index >= 15 is 0 Å². The highest BCUT2D eigenvalue weighted by atomic mass is 32.1. The second-order valence-electron chi connectivity index (χ2n) is 4.84. The lowest BCUT2D eigenvalue weighted by molar-refractivity contribution is -0.138. The molecule has 0 spiro atoms. The largest absolute Gasteiger partial charge is 0.286 e. The van der Waals surface area contributed by atoms with Gasteiger partial charge in [-0.3, -0.25) is 19.4 Å². The van der Waals surface area contributed by atoms with E-state index in [-0.39, 0.29) is 17.9 Å². The number of thiazole rings is 1. The van der Waals surface area contributed by atoms with E-state index in [1.54, 1.807) is 18.4 Å². The van der Waals surface area contributed by atoms with Crippen LogP contribution in [-0.4, -0.2) is 46.2 Å². The highest BCUT2D eigenvalue weighted by Gasteiger charge is 2.39. The van der Waals surface area contributed by atoms with Gasteiger partial charge in [0.1, 0.15) is 0 Å². The number of hydrogen-bond donors (Lipinski definition) is 0. The van der Waals surface area contributed by atoms with Gasteiger partial charge in [-0.15, -0.1) is 11.3 Å². The molecule has 0 unspecified atom stereocenters. The van der Waals surface area contributed by atoms with Crippen LogP contribution >= 0.6 is 11.3 Å². The molecule has 2 amide bonds. The lowest BCUT2D eigenvalue weighted by atomic mass is 10.2. The van der Waals surface area contributed by atoms with Gasteiger partial charge in [0, 0.05) is 19.0 Å². The number of nitrogens with zero attached hydrogens (tertiary/aromatic N) is 3. The molecule has 1 aromatic rings. The van der Waals surface area contributed by atoms with Crippen molar-refractivity contribution in [1.82, 2.24) is 14.8 Å². The Morgan fingerprint density at radius 2 is 2.26 bits per heavy atom. The Kier molecular flexibility index (Phi) is 4.31. The van der Waals surface area contributed by atoms with E-state index in [9.17, 15) is 9.59 Å². The third-order valence-electron chi connectivity index (χ3n) is 3.34. The molecule has 2 rings (SSSR count). The normalized spacial score (nSPS) is 19.8. The minimum absolute atomic E-state index is 0.0921. The molecule has 1 fully saturated rings. The summed E-state index contributed by atoms with van der Waals surface area (Å²) in [5.41, 5.74) is 0.978. The first-order chi connectivity index (χ1) is 9.02. The predicted octanol–water partition coefficient (Wildman–Crippen LogP) is 1.42. The third-order valence-corrected chi connectivity index (χ3v) is 4.16.